The van der Waals surface area contributed by atoms with Gasteiger partial charge in [-0.25, -0.2) is 4.79 Å². The van der Waals surface area contributed by atoms with Crippen LogP contribution in [0.1, 0.15) is 20.8 Å². The number of fused-ring (bicyclic) bond motifs is 1. The third-order valence-electron chi connectivity index (χ3n) is 3.52. The molecule has 0 aliphatic rings. The first kappa shape index (κ1) is 15.0. The predicted octanol–water partition coefficient (Wildman–Crippen LogP) is 3.20. The number of carbonyl (C=O) groups excluding carboxylic acids is 1. The number of nitrogens with zero attached hydrogens (tertiary/aromatic N) is 1. The molecular weight excluding hydrogens is 294 g/mol. The van der Waals surface area contributed by atoms with Crippen LogP contribution < -0.4 is 0 Å². The Morgan fingerprint density at radius 1 is 1.00 bits per heavy atom. The van der Waals surface area contributed by atoms with E-state index < -0.39 is 11.9 Å². The van der Waals surface area contributed by atoms with Gasteiger partial charge in [0.2, 0.25) is 0 Å². The van der Waals surface area contributed by atoms with Crippen LogP contribution >= 0.6 is 0 Å². The number of rotatable bonds is 5. The first-order chi connectivity index (χ1) is 11.2. The second-order valence-electron chi connectivity index (χ2n) is 5.10. The summed E-state index contributed by atoms with van der Waals surface area (Å²) in [5, 5.41) is 10.0. The van der Waals surface area contributed by atoms with E-state index in [1.54, 1.807) is 24.3 Å². The summed E-state index contributed by atoms with van der Waals surface area (Å²) in [4.78, 5) is 23.8. The minimum absolute atomic E-state index is 0.0560. The smallest absolute Gasteiger partial charge is 0.352 e. The molecule has 23 heavy (non-hydrogen) atoms. The van der Waals surface area contributed by atoms with Gasteiger partial charge in [-0.05, 0) is 17.7 Å². The number of hydrogen-bond donors (Lipinski definition) is 1. The fourth-order valence-corrected chi connectivity index (χ4v) is 2.48. The van der Waals surface area contributed by atoms with Gasteiger partial charge in [0, 0.05) is 5.39 Å². The number of benzene rings is 2. The Morgan fingerprint density at radius 2 is 1.70 bits per heavy atom. The molecule has 5 heteroatoms. The average Bonchev–Trinajstić information content (AvgIpc) is 2.95. The fraction of sp³-hybridized carbons (Fsp3) is 0.111. The van der Waals surface area contributed by atoms with Crippen LogP contribution in [0.25, 0.3) is 10.9 Å². The molecule has 3 aromatic rings. The van der Waals surface area contributed by atoms with Crippen molar-refractivity contribution < 1.29 is 19.4 Å². The summed E-state index contributed by atoms with van der Waals surface area (Å²) >= 11 is 0. The molecule has 2 aromatic carbocycles. The molecule has 0 aliphatic heterocycles. The molecule has 1 aromatic heterocycles. The molecule has 0 spiro atoms. The van der Waals surface area contributed by atoms with Gasteiger partial charge in [-0.3, -0.25) is 9.36 Å². The number of ether oxygens (including phenoxy) is 1. The van der Waals surface area contributed by atoms with Crippen molar-refractivity contribution in [2.24, 2.45) is 0 Å². The molecule has 0 radical (unpaired) electrons. The zero-order chi connectivity index (χ0) is 16.2. The van der Waals surface area contributed by atoms with E-state index in [0.717, 1.165) is 5.56 Å². The van der Waals surface area contributed by atoms with Gasteiger partial charge >= 0.3 is 5.97 Å². The van der Waals surface area contributed by atoms with Gasteiger partial charge in [0.05, 0.1) is 12.1 Å². The Labute approximate surface area is 132 Å². The van der Waals surface area contributed by atoms with E-state index in [1.165, 1.54) is 10.6 Å². The van der Waals surface area contributed by atoms with E-state index in [9.17, 15) is 14.7 Å². The second-order valence-corrected chi connectivity index (χ2v) is 5.10. The number of carboxylic acids is 1. The van der Waals surface area contributed by atoms with Crippen molar-refractivity contribution in [3.05, 3.63) is 71.9 Å². The molecule has 0 saturated heterocycles. The molecule has 5 nitrogen and oxygen atoms in total. The van der Waals surface area contributed by atoms with Gasteiger partial charge < -0.3 is 9.84 Å². The molecule has 0 aliphatic carbocycles. The molecule has 1 N–H and O–H groups in total. The maximum atomic E-state index is 12.4. The van der Waals surface area contributed by atoms with Crippen molar-refractivity contribution in [3.8, 4) is 0 Å². The normalized spacial score (nSPS) is 10.8. The number of para-hydroxylation sites is 1. The highest BCUT2D eigenvalue weighted by Crippen LogP contribution is 2.20. The third-order valence-corrected chi connectivity index (χ3v) is 3.52. The van der Waals surface area contributed by atoms with Gasteiger partial charge in [-0.1, -0.05) is 48.5 Å². The van der Waals surface area contributed by atoms with E-state index in [1.807, 2.05) is 30.3 Å². The van der Waals surface area contributed by atoms with Gasteiger partial charge in [0.15, 0.2) is 0 Å². The van der Waals surface area contributed by atoms with E-state index in [-0.39, 0.29) is 12.3 Å². The molecule has 3 rings (SSSR count). The summed E-state index contributed by atoms with van der Waals surface area (Å²) in [5.41, 5.74) is 1.47. The average molecular weight is 309 g/mol. The predicted molar refractivity (Wildman–Crippen MR) is 85.6 cm³/mol. The highest BCUT2D eigenvalue weighted by Gasteiger charge is 2.19. The Bertz CT molecular complexity index is 852. The molecule has 0 saturated carbocycles. The summed E-state index contributed by atoms with van der Waals surface area (Å²) < 4.78 is 6.62. The zero-order valence-corrected chi connectivity index (χ0v) is 12.3. The first-order valence-corrected chi connectivity index (χ1v) is 7.15. The van der Waals surface area contributed by atoms with Gasteiger partial charge in [0.25, 0.3) is 5.91 Å². The molecule has 1 heterocycles. The van der Waals surface area contributed by atoms with Crippen molar-refractivity contribution in [2.45, 2.75) is 6.61 Å². The Balaban J connectivity index is 1.80. The summed E-state index contributed by atoms with van der Waals surface area (Å²) in [6.45, 7) is 0.113. The largest absolute Gasteiger partial charge is 0.477 e. The lowest BCUT2D eigenvalue weighted by atomic mass is 10.2. The van der Waals surface area contributed by atoms with Crippen LogP contribution in [0.3, 0.4) is 0 Å². The van der Waals surface area contributed by atoms with Crippen LogP contribution in [0, 0.1) is 0 Å². The number of carboxylic acid groups (broad SMARTS) is 1. The second kappa shape index (κ2) is 6.46. The quantitative estimate of drug-likeness (QED) is 0.786. The summed E-state index contributed by atoms with van der Waals surface area (Å²) in [7, 11) is 0. The lowest BCUT2D eigenvalue weighted by Crippen LogP contribution is -2.21. The maximum absolute atomic E-state index is 12.4. The minimum Gasteiger partial charge on any atom is -0.477 e. The Hall–Kier alpha value is -2.92. The van der Waals surface area contributed by atoms with Crippen molar-refractivity contribution in [3.63, 3.8) is 0 Å². The highest BCUT2D eigenvalue weighted by atomic mass is 16.5. The standard InChI is InChI=1S/C18H15NO4/c20-17(12-23-11-13-6-2-1-3-7-13)19-15-9-5-4-8-14(15)10-16(19)18(21)22/h1-10H,11-12H2,(H,21,22). The molecule has 0 amide bonds. The number of aromatic carboxylic acids is 1. The number of aromatic nitrogens is 1. The van der Waals surface area contributed by atoms with E-state index >= 15 is 0 Å². The molecular formula is C18H15NO4. The third kappa shape index (κ3) is 3.14. The van der Waals surface area contributed by atoms with Crippen molar-refractivity contribution >= 4 is 22.8 Å². The molecule has 0 fully saturated rings. The highest BCUT2D eigenvalue weighted by molar-refractivity contribution is 6.02. The molecule has 0 atom stereocenters. The summed E-state index contributed by atoms with van der Waals surface area (Å²) in [6, 6.07) is 18.0. The van der Waals surface area contributed by atoms with Crippen molar-refractivity contribution in [2.75, 3.05) is 6.61 Å². The maximum Gasteiger partial charge on any atom is 0.352 e. The van der Waals surface area contributed by atoms with Crippen molar-refractivity contribution in [1.82, 2.24) is 4.57 Å². The van der Waals surface area contributed by atoms with Gasteiger partial charge in [-0.2, -0.15) is 0 Å². The van der Waals surface area contributed by atoms with Crippen LogP contribution in [0.15, 0.2) is 60.7 Å². The molecule has 0 bridgehead atoms. The van der Waals surface area contributed by atoms with E-state index in [4.69, 9.17) is 4.74 Å². The number of hydrogen-bond acceptors (Lipinski definition) is 3. The lowest BCUT2D eigenvalue weighted by Gasteiger charge is -2.08. The summed E-state index contributed by atoms with van der Waals surface area (Å²) in [6.07, 6.45) is 0. The van der Waals surface area contributed by atoms with E-state index in [2.05, 4.69) is 0 Å². The van der Waals surface area contributed by atoms with E-state index in [0.29, 0.717) is 17.5 Å². The van der Waals surface area contributed by atoms with Gasteiger partial charge in [0.1, 0.15) is 12.3 Å². The Morgan fingerprint density at radius 3 is 2.43 bits per heavy atom. The number of carbonyl (C=O) groups is 2. The van der Waals surface area contributed by atoms with Crippen LogP contribution in [0.5, 0.6) is 0 Å². The monoisotopic (exact) mass is 309 g/mol. The topological polar surface area (TPSA) is 68.5 Å². The minimum atomic E-state index is -1.14. The SMILES string of the molecule is O=C(O)c1cc2ccccc2n1C(=O)COCc1ccccc1. The van der Waals surface area contributed by atoms with Gasteiger partial charge in [-0.15, -0.1) is 0 Å². The molecule has 116 valence electrons. The van der Waals surface area contributed by atoms with Crippen LogP contribution in [0.4, 0.5) is 0 Å². The first-order valence-electron chi connectivity index (χ1n) is 7.15. The zero-order valence-electron chi connectivity index (χ0n) is 12.3. The fourth-order valence-electron chi connectivity index (χ4n) is 2.48. The van der Waals surface area contributed by atoms with Crippen LogP contribution in [-0.2, 0) is 11.3 Å². The summed E-state index contributed by atoms with van der Waals surface area (Å²) in [5.74, 6) is -1.54. The molecule has 0 unspecified atom stereocenters. The Kier molecular flexibility index (Phi) is 4.21. The van der Waals surface area contributed by atoms with Crippen LogP contribution in [-0.4, -0.2) is 28.2 Å². The van der Waals surface area contributed by atoms with Crippen LogP contribution in [0.2, 0.25) is 0 Å². The van der Waals surface area contributed by atoms with Crippen molar-refractivity contribution in [1.29, 1.82) is 0 Å². The lowest BCUT2D eigenvalue weighted by molar-refractivity contribution is 0.0606.